The van der Waals surface area contributed by atoms with Gasteiger partial charge >= 0.3 is 5.97 Å². The van der Waals surface area contributed by atoms with Gasteiger partial charge in [0.15, 0.2) is 0 Å². The molecule has 0 bridgehead atoms. The van der Waals surface area contributed by atoms with Gasteiger partial charge in [0.2, 0.25) is 0 Å². The van der Waals surface area contributed by atoms with E-state index in [4.69, 9.17) is 5.11 Å². The molecule has 1 aliphatic carbocycles. The average Bonchev–Trinajstić information content (AvgIpc) is 2.85. The smallest absolute Gasteiger partial charge is 0.335 e. The van der Waals surface area contributed by atoms with Crippen LogP contribution in [0.15, 0.2) is 36.4 Å². The normalized spacial score (nSPS) is 13.3. The number of benzene rings is 2. The van der Waals surface area contributed by atoms with E-state index < -0.39 is 5.97 Å². The summed E-state index contributed by atoms with van der Waals surface area (Å²) >= 11 is 0. The van der Waals surface area contributed by atoms with Crippen LogP contribution in [0.3, 0.4) is 0 Å². The summed E-state index contributed by atoms with van der Waals surface area (Å²) in [5, 5.41) is 9.00. The van der Waals surface area contributed by atoms with E-state index in [0.717, 1.165) is 17.5 Å². The van der Waals surface area contributed by atoms with Gasteiger partial charge in [-0.15, -0.1) is 0 Å². The van der Waals surface area contributed by atoms with Crippen LogP contribution in [0.25, 0.3) is 11.1 Å². The molecule has 3 rings (SSSR count). The highest BCUT2D eigenvalue weighted by atomic mass is 16.4. The van der Waals surface area contributed by atoms with Crippen molar-refractivity contribution in [2.45, 2.75) is 26.2 Å². The zero-order chi connectivity index (χ0) is 13.4. The fraction of sp³-hybridized carbons (Fsp3) is 0.235. The Balaban J connectivity index is 2.05. The first kappa shape index (κ1) is 12.0. The second-order valence-electron chi connectivity index (χ2n) is 5.17. The molecule has 2 heteroatoms. The van der Waals surface area contributed by atoms with Crippen LogP contribution in [0, 0.1) is 6.92 Å². The quantitative estimate of drug-likeness (QED) is 0.881. The summed E-state index contributed by atoms with van der Waals surface area (Å²) in [4.78, 5) is 11.0. The lowest BCUT2D eigenvalue weighted by Crippen LogP contribution is -1.97. The maximum atomic E-state index is 11.0. The van der Waals surface area contributed by atoms with Crippen LogP contribution in [0.2, 0.25) is 0 Å². The summed E-state index contributed by atoms with van der Waals surface area (Å²) in [6.45, 7) is 1.97. The first-order chi connectivity index (χ1) is 9.15. The Morgan fingerprint density at radius 3 is 2.58 bits per heavy atom. The lowest BCUT2D eigenvalue weighted by molar-refractivity contribution is 0.0697. The Bertz CT molecular complexity index is 656. The van der Waals surface area contributed by atoms with Crippen LogP contribution in [-0.4, -0.2) is 11.1 Å². The minimum Gasteiger partial charge on any atom is -0.478 e. The van der Waals surface area contributed by atoms with Crippen molar-refractivity contribution in [3.8, 4) is 11.1 Å². The highest BCUT2D eigenvalue weighted by Gasteiger charge is 2.13. The summed E-state index contributed by atoms with van der Waals surface area (Å²) in [5.41, 5.74) is 6.58. The number of aryl methyl sites for hydroxylation is 3. The van der Waals surface area contributed by atoms with Gasteiger partial charge in [-0.3, -0.25) is 0 Å². The molecule has 0 aromatic heterocycles. The second-order valence-corrected chi connectivity index (χ2v) is 5.17. The third-order valence-corrected chi connectivity index (χ3v) is 3.88. The Labute approximate surface area is 112 Å². The van der Waals surface area contributed by atoms with E-state index in [2.05, 4.69) is 18.2 Å². The average molecular weight is 252 g/mol. The standard InChI is InChI=1S/C17H16O2/c1-11-9-15(17(18)19)7-8-16(11)14-6-5-12-3-2-4-13(12)10-14/h5-10H,2-4H2,1H3,(H,18,19). The summed E-state index contributed by atoms with van der Waals surface area (Å²) in [6.07, 6.45) is 3.59. The summed E-state index contributed by atoms with van der Waals surface area (Å²) in [5.74, 6) is -0.872. The van der Waals surface area contributed by atoms with Crippen molar-refractivity contribution in [2.24, 2.45) is 0 Å². The minimum atomic E-state index is -0.872. The topological polar surface area (TPSA) is 37.3 Å². The molecule has 0 fully saturated rings. The minimum absolute atomic E-state index is 0.349. The van der Waals surface area contributed by atoms with Gasteiger partial charge in [-0.05, 0) is 66.1 Å². The van der Waals surface area contributed by atoms with E-state index >= 15 is 0 Å². The van der Waals surface area contributed by atoms with Crippen LogP contribution < -0.4 is 0 Å². The monoisotopic (exact) mass is 252 g/mol. The number of carbonyl (C=O) groups is 1. The lowest BCUT2D eigenvalue weighted by atomic mass is 9.96. The van der Waals surface area contributed by atoms with Crippen molar-refractivity contribution < 1.29 is 9.90 Å². The van der Waals surface area contributed by atoms with Gasteiger partial charge in [-0.25, -0.2) is 4.79 Å². The molecular formula is C17H16O2. The zero-order valence-corrected chi connectivity index (χ0v) is 10.9. The zero-order valence-electron chi connectivity index (χ0n) is 10.9. The van der Waals surface area contributed by atoms with Crippen LogP contribution in [0.1, 0.15) is 33.5 Å². The van der Waals surface area contributed by atoms with Crippen molar-refractivity contribution in [3.05, 3.63) is 58.7 Å². The molecule has 19 heavy (non-hydrogen) atoms. The van der Waals surface area contributed by atoms with Crippen LogP contribution in [0.4, 0.5) is 0 Å². The number of hydrogen-bond acceptors (Lipinski definition) is 1. The molecule has 0 heterocycles. The summed E-state index contributed by atoms with van der Waals surface area (Å²) in [7, 11) is 0. The van der Waals surface area contributed by atoms with E-state index in [0.29, 0.717) is 5.56 Å². The fourth-order valence-corrected chi connectivity index (χ4v) is 2.86. The molecule has 96 valence electrons. The number of hydrogen-bond donors (Lipinski definition) is 1. The molecule has 1 aliphatic rings. The van der Waals surface area contributed by atoms with Gasteiger partial charge < -0.3 is 5.11 Å². The Hall–Kier alpha value is -2.09. The summed E-state index contributed by atoms with van der Waals surface area (Å²) in [6, 6.07) is 11.9. The van der Waals surface area contributed by atoms with E-state index in [1.165, 1.54) is 29.5 Å². The second kappa shape index (κ2) is 4.54. The number of aromatic carboxylic acids is 1. The molecule has 2 nitrogen and oxygen atoms in total. The number of carboxylic acid groups (broad SMARTS) is 1. The van der Waals surface area contributed by atoms with E-state index in [1.807, 2.05) is 13.0 Å². The molecular weight excluding hydrogens is 236 g/mol. The predicted octanol–water partition coefficient (Wildman–Crippen LogP) is 3.85. The highest BCUT2D eigenvalue weighted by molar-refractivity contribution is 5.89. The largest absolute Gasteiger partial charge is 0.478 e. The van der Waals surface area contributed by atoms with Crippen molar-refractivity contribution >= 4 is 5.97 Å². The number of carboxylic acids is 1. The van der Waals surface area contributed by atoms with Gasteiger partial charge in [0.25, 0.3) is 0 Å². The molecule has 0 saturated carbocycles. The van der Waals surface area contributed by atoms with E-state index in [9.17, 15) is 4.79 Å². The molecule has 0 spiro atoms. The van der Waals surface area contributed by atoms with Crippen molar-refractivity contribution in [2.75, 3.05) is 0 Å². The predicted molar refractivity (Wildman–Crippen MR) is 75.6 cm³/mol. The first-order valence-electron chi connectivity index (χ1n) is 6.61. The van der Waals surface area contributed by atoms with Crippen LogP contribution >= 0.6 is 0 Å². The number of fused-ring (bicyclic) bond motifs is 1. The Kier molecular flexibility index (Phi) is 2.86. The van der Waals surface area contributed by atoms with E-state index in [-0.39, 0.29) is 0 Å². The molecule has 0 saturated heterocycles. The maximum absolute atomic E-state index is 11.0. The third-order valence-electron chi connectivity index (χ3n) is 3.88. The molecule has 2 aromatic rings. The first-order valence-corrected chi connectivity index (χ1v) is 6.61. The molecule has 1 N–H and O–H groups in total. The summed E-state index contributed by atoms with van der Waals surface area (Å²) < 4.78 is 0. The molecule has 0 amide bonds. The van der Waals surface area contributed by atoms with Gasteiger partial charge in [0, 0.05) is 0 Å². The van der Waals surface area contributed by atoms with Crippen molar-refractivity contribution in [1.82, 2.24) is 0 Å². The number of rotatable bonds is 2. The Morgan fingerprint density at radius 1 is 1.05 bits per heavy atom. The molecule has 0 atom stereocenters. The molecule has 0 radical (unpaired) electrons. The molecule has 0 unspecified atom stereocenters. The fourth-order valence-electron chi connectivity index (χ4n) is 2.86. The Morgan fingerprint density at radius 2 is 1.84 bits per heavy atom. The lowest BCUT2D eigenvalue weighted by Gasteiger charge is -2.09. The van der Waals surface area contributed by atoms with Crippen LogP contribution in [-0.2, 0) is 12.8 Å². The molecule has 0 aliphatic heterocycles. The highest BCUT2D eigenvalue weighted by Crippen LogP contribution is 2.30. The third kappa shape index (κ3) is 2.14. The van der Waals surface area contributed by atoms with Crippen LogP contribution in [0.5, 0.6) is 0 Å². The van der Waals surface area contributed by atoms with E-state index in [1.54, 1.807) is 12.1 Å². The van der Waals surface area contributed by atoms with Gasteiger partial charge in [0.05, 0.1) is 5.56 Å². The SMILES string of the molecule is Cc1cc(C(=O)O)ccc1-c1ccc2c(c1)CCC2. The van der Waals surface area contributed by atoms with Crippen molar-refractivity contribution in [1.29, 1.82) is 0 Å². The van der Waals surface area contributed by atoms with Gasteiger partial charge in [0.1, 0.15) is 0 Å². The van der Waals surface area contributed by atoms with Gasteiger partial charge in [-0.1, -0.05) is 24.3 Å². The molecule has 2 aromatic carbocycles. The van der Waals surface area contributed by atoms with Gasteiger partial charge in [-0.2, -0.15) is 0 Å². The van der Waals surface area contributed by atoms with Crippen molar-refractivity contribution in [3.63, 3.8) is 0 Å². The maximum Gasteiger partial charge on any atom is 0.335 e.